The third-order valence-electron chi connectivity index (χ3n) is 2.70. The van der Waals surface area contributed by atoms with E-state index in [4.69, 9.17) is 10.00 Å². The molecular formula is C13H10N2O4S. The Labute approximate surface area is 118 Å². The number of H-pyrrole nitrogens is 1. The second kappa shape index (κ2) is 5.59. The van der Waals surface area contributed by atoms with Gasteiger partial charge in [0.1, 0.15) is 22.9 Å². The van der Waals surface area contributed by atoms with Gasteiger partial charge in [-0.2, -0.15) is 16.6 Å². The van der Waals surface area contributed by atoms with Gasteiger partial charge in [-0.1, -0.05) is 0 Å². The molecule has 0 unspecified atom stereocenters. The number of carbonyl (C=O) groups is 2. The van der Waals surface area contributed by atoms with Crippen molar-refractivity contribution in [1.29, 1.82) is 5.26 Å². The van der Waals surface area contributed by atoms with Crippen molar-refractivity contribution >= 4 is 23.3 Å². The number of rotatable bonds is 3. The van der Waals surface area contributed by atoms with Crippen LogP contribution in [0.3, 0.4) is 0 Å². The Morgan fingerprint density at radius 1 is 1.25 bits per heavy atom. The van der Waals surface area contributed by atoms with E-state index in [0.29, 0.717) is 11.3 Å². The summed E-state index contributed by atoms with van der Waals surface area (Å²) < 4.78 is 9.32. The second-order valence-corrected chi connectivity index (χ2v) is 4.51. The van der Waals surface area contributed by atoms with Gasteiger partial charge in [-0.3, -0.25) is 0 Å². The van der Waals surface area contributed by atoms with Crippen LogP contribution in [-0.2, 0) is 9.47 Å². The fourth-order valence-electron chi connectivity index (χ4n) is 1.82. The van der Waals surface area contributed by atoms with Gasteiger partial charge < -0.3 is 14.5 Å². The lowest BCUT2D eigenvalue weighted by Crippen LogP contribution is -2.11. The smallest absolute Gasteiger partial charge is 0.341 e. The van der Waals surface area contributed by atoms with E-state index in [-0.39, 0.29) is 16.8 Å². The molecule has 1 N–H and O–H groups in total. The van der Waals surface area contributed by atoms with Gasteiger partial charge in [0, 0.05) is 10.9 Å². The number of methoxy groups -OCH3 is 2. The van der Waals surface area contributed by atoms with E-state index in [9.17, 15) is 9.59 Å². The number of aromatic amines is 1. The van der Waals surface area contributed by atoms with Crippen molar-refractivity contribution in [2.45, 2.75) is 0 Å². The predicted molar refractivity (Wildman–Crippen MR) is 71.5 cm³/mol. The summed E-state index contributed by atoms with van der Waals surface area (Å²) in [6.07, 6.45) is 0. The second-order valence-electron chi connectivity index (χ2n) is 3.73. The molecule has 6 nitrogen and oxygen atoms in total. The monoisotopic (exact) mass is 290 g/mol. The largest absolute Gasteiger partial charge is 0.465 e. The maximum atomic E-state index is 11.9. The number of nitriles is 1. The SMILES string of the molecule is COC(=O)c1c(C#N)[nH]c(-c2ccsc2)c1C(=O)OC. The van der Waals surface area contributed by atoms with Crippen LogP contribution >= 0.6 is 11.3 Å². The van der Waals surface area contributed by atoms with E-state index >= 15 is 0 Å². The maximum Gasteiger partial charge on any atom is 0.341 e. The van der Waals surface area contributed by atoms with Gasteiger partial charge in [-0.15, -0.1) is 0 Å². The van der Waals surface area contributed by atoms with Crippen LogP contribution < -0.4 is 0 Å². The molecule has 102 valence electrons. The first-order chi connectivity index (χ1) is 9.63. The van der Waals surface area contributed by atoms with Gasteiger partial charge in [-0.05, 0) is 11.4 Å². The molecule has 2 aromatic rings. The lowest BCUT2D eigenvalue weighted by Gasteiger charge is -2.03. The Morgan fingerprint density at radius 3 is 2.40 bits per heavy atom. The Hall–Kier alpha value is -2.59. The molecule has 0 aliphatic carbocycles. The van der Waals surface area contributed by atoms with Gasteiger partial charge in [0.25, 0.3) is 0 Å². The normalized spacial score (nSPS) is 9.85. The molecule has 0 amide bonds. The van der Waals surface area contributed by atoms with Gasteiger partial charge in [0.2, 0.25) is 0 Å². The highest BCUT2D eigenvalue weighted by Gasteiger charge is 2.29. The van der Waals surface area contributed by atoms with Crippen LogP contribution in [0.2, 0.25) is 0 Å². The number of hydrogen-bond donors (Lipinski definition) is 1. The molecule has 0 atom stereocenters. The molecule has 0 spiro atoms. The molecule has 20 heavy (non-hydrogen) atoms. The third kappa shape index (κ3) is 2.17. The average Bonchev–Trinajstić information content (AvgIpc) is 3.11. The zero-order valence-electron chi connectivity index (χ0n) is 10.7. The molecule has 7 heteroatoms. The van der Waals surface area contributed by atoms with E-state index in [1.165, 1.54) is 25.6 Å². The van der Waals surface area contributed by atoms with Gasteiger partial charge in [-0.25, -0.2) is 9.59 Å². The summed E-state index contributed by atoms with van der Waals surface area (Å²) in [7, 11) is 2.39. The quantitative estimate of drug-likeness (QED) is 0.875. The van der Waals surface area contributed by atoms with Gasteiger partial charge in [0.15, 0.2) is 0 Å². The number of hydrogen-bond acceptors (Lipinski definition) is 6. The highest BCUT2D eigenvalue weighted by atomic mass is 32.1. The van der Waals surface area contributed by atoms with Crippen molar-refractivity contribution < 1.29 is 19.1 Å². The summed E-state index contributed by atoms with van der Waals surface area (Å²) in [6.45, 7) is 0. The van der Waals surface area contributed by atoms with Crippen LogP contribution in [0, 0.1) is 11.3 Å². The van der Waals surface area contributed by atoms with Crippen molar-refractivity contribution in [3.05, 3.63) is 33.6 Å². The van der Waals surface area contributed by atoms with E-state index < -0.39 is 11.9 Å². The molecule has 0 aromatic carbocycles. The summed E-state index contributed by atoms with van der Waals surface area (Å²) in [6, 6.07) is 3.62. The first-order valence-corrected chi connectivity index (χ1v) is 6.43. The minimum atomic E-state index is -0.764. The number of thiophene rings is 1. The predicted octanol–water partition coefficient (Wildman–Crippen LogP) is 2.19. The van der Waals surface area contributed by atoms with E-state index in [2.05, 4.69) is 9.72 Å². The highest BCUT2D eigenvalue weighted by molar-refractivity contribution is 7.08. The van der Waals surface area contributed by atoms with Gasteiger partial charge >= 0.3 is 11.9 Å². The van der Waals surface area contributed by atoms with Crippen LogP contribution in [0.5, 0.6) is 0 Å². The summed E-state index contributed by atoms with van der Waals surface area (Å²) in [5, 5.41) is 12.7. The molecule has 0 radical (unpaired) electrons. The van der Waals surface area contributed by atoms with Crippen molar-refractivity contribution in [3.8, 4) is 17.3 Å². The molecule has 0 bridgehead atoms. The lowest BCUT2D eigenvalue weighted by molar-refractivity contribution is 0.0557. The zero-order chi connectivity index (χ0) is 14.7. The topological polar surface area (TPSA) is 92.2 Å². The van der Waals surface area contributed by atoms with E-state index in [1.807, 2.05) is 11.4 Å². The number of nitrogens with zero attached hydrogens (tertiary/aromatic N) is 1. The standard InChI is InChI=1S/C13H10N2O4S/c1-18-12(16)9-8(5-14)15-11(7-3-4-20-6-7)10(9)13(17)19-2/h3-4,6,15H,1-2H3. The number of esters is 2. The van der Waals surface area contributed by atoms with E-state index in [0.717, 1.165) is 0 Å². The van der Waals surface area contributed by atoms with Crippen molar-refractivity contribution in [2.24, 2.45) is 0 Å². The Morgan fingerprint density at radius 2 is 1.90 bits per heavy atom. The van der Waals surface area contributed by atoms with Crippen LogP contribution in [0.25, 0.3) is 11.3 Å². The minimum Gasteiger partial charge on any atom is -0.465 e. The minimum absolute atomic E-state index is 0.00861. The Bertz CT molecular complexity index is 695. The fraction of sp³-hybridized carbons (Fsp3) is 0.154. The first-order valence-electron chi connectivity index (χ1n) is 5.49. The lowest BCUT2D eigenvalue weighted by atomic mass is 10.1. The molecular weight excluding hydrogens is 280 g/mol. The Kier molecular flexibility index (Phi) is 3.86. The summed E-state index contributed by atoms with van der Waals surface area (Å²) in [4.78, 5) is 26.5. The molecule has 0 aliphatic heterocycles. The zero-order valence-corrected chi connectivity index (χ0v) is 11.5. The highest BCUT2D eigenvalue weighted by Crippen LogP contribution is 2.30. The van der Waals surface area contributed by atoms with Crippen LogP contribution in [0.1, 0.15) is 26.4 Å². The van der Waals surface area contributed by atoms with Crippen molar-refractivity contribution in [1.82, 2.24) is 4.98 Å². The number of nitrogens with one attached hydrogen (secondary N) is 1. The maximum absolute atomic E-state index is 11.9. The number of aromatic nitrogens is 1. The van der Waals surface area contributed by atoms with Crippen LogP contribution in [0.4, 0.5) is 0 Å². The van der Waals surface area contributed by atoms with Gasteiger partial charge in [0.05, 0.1) is 19.9 Å². The third-order valence-corrected chi connectivity index (χ3v) is 3.38. The number of ether oxygens (including phenoxy) is 2. The molecule has 2 aromatic heterocycles. The molecule has 2 heterocycles. The average molecular weight is 290 g/mol. The first kappa shape index (κ1) is 13.8. The van der Waals surface area contributed by atoms with Crippen molar-refractivity contribution in [2.75, 3.05) is 14.2 Å². The van der Waals surface area contributed by atoms with Crippen LogP contribution in [0.15, 0.2) is 16.8 Å². The number of carbonyl (C=O) groups excluding carboxylic acids is 2. The molecule has 0 fully saturated rings. The molecule has 2 rings (SSSR count). The fourth-order valence-corrected chi connectivity index (χ4v) is 2.47. The molecule has 0 saturated carbocycles. The summed E-state index contributed by atoms with van der Waals surface area (Å²) in [5.74, 6) is -1.47. The van der Waals surface area contributed by atoms with Crippen molar-refractivity contribution in [3.63, 3.8) is 0 Å². The summed E-state index contributed by atoms with van der Waals surface area (Å²) in [5.41, 5.74) is 0.938. The molecule has 0 saturated heterocycles. The van der Waals surface area contributed by atoms with Crippen LogP contribution in [-0.4, -0.2) is 31.1 Å². The summed E-state index contributed by atoms with van der Waals surface area (Å²) >= 11 is 1.43. The molecule has 0 aliphatic rings. The Balaban J connectivity index is 2.76. The van der Waals surface area contributed by atoms with E-state index in [1.54, 1.807) is 11.4 Å².